The Morgan fingerprint density at radius 1 is 1.27 bits per heavy atom. The van der Waals surface area contributed by atoms with E-state index >= 15 is 0 Å². The van der Waals surface area contributed by atoms with Crippen molar-refractivity contribution in [1.82, 2.24) is 10.0 Å². The van der Waals surface area contributed by atoms with Gasteiger partial charge in [-0.15, -0.1) is 0 Å². The lowest BCUT2D eigenvalue weighted by Gasteiger charge is -2.17. The minimum atomic E-state index is -3.81. The normalized spacial score (nSPS) is 12.7. The molecule has 0 aliphatic carbocycles. The number of carbonyl (C=O) groups excluding carboxylic acids is 1. The van der Waals surface area contributed by atoms with Crippen LogP contribution in [0.25, 0.3) is 0 Å². The molecular weight excluding hydrogens is 424 g/mol. The van der Waals surface area contributed by atoms with Gasteiger partial charge in [0.1, 0.15) is 5.76 Å². The molecule has 0 spiro atoms. The van der Waals surface area contributed by atoms with Crippen LogP contribution in [0.4, 0.5) is 0 Å². The predicted molar refractivity (Wildman–Crippen MR) is 100 cm³/mol. The molecule has 0 saturated carbocycles. The SMILES string of the molecule is COCCCNC(=O)C[C@@H](NS(=O)(=O)c1ccc(Br)cc1)c1ccco1. The largest absolute Gasteiger partial charge is 0.468 e. The van der Waals surface area contributed by atoms with Gasteiger partial charge in [-0.2, -0.15) is 4.72 Å². The summed E-state index contributed by atoms with van der Waals surface area (Å²) in [6.45, 7) is 0.995. The van der Waals surface area contributed by atoms with Crippen LogP contribution in [0.1, 0.15) is 24.6 Å². The highest BCUT2D eigenvalue weighted by Gasteiger charge is 2.25. The maximum Gasteiger partial charge on any atom is 0.241 e. The fourth-order valence-corrected chi connectivity index (χ4v) is 3.73. The molecule has 1 atom stereocenters. The van der Waals surface area contributed by atoms with Gasteiger partial charge < -0.3 is 14.5 Å². The van der Waals surface area contributed by atoms with E-state index in [1.165, 1.54) is 18.4 Å². The monoisotopic (exact) mass is 444 g/mol. The van der Waals surface area contributed by atoms with Crippen LogP contribution in [0, 0.1) is 0 Å². The summed E-state index contributed by atoms with van der Waals surface area (Å²) in [6, 6.07) is 8.71. The molecule has 2 N–H and O–H groups in total. The molecule has 0 saturated heterocycles. The molecule has 0 aliphatic rings. The number of methoxy groups -OCH3 is 1. The standard InChI is InChI=1S/C17H21BrN2O5S/c1-24-10-3-9-19-17(21)12-15(16-4-2-11-25-16)20-26(22,23)14-7-5-13(18)6-8-14/h2,4-8,11,15,20H,3,9-10,12H2,1H3,(H,19,21)/t15-/m1/s1. The minimum Gasteiger partial charge on any atom is -0.468 e. The lowest BCUT2D eigenvalue weighted by Crippen LogP contribution is -2.34. The molecule has 1 heterocycles. The number of furan rings is 1. The van der Waals surface area contributed by atoms with E-state index in [1.54, 1.807) is 31.4 Å². The average molecular weight is 445 g/mol. The molecule has 2 aromatic rings. The fraction of sp³-hybridized carbons (Fsp3) is 0.353. The maximum absolute atomic E-state index is 12.6. The van der Waals surface area contributed by atoms with Gasteiger partial charge in [0.15, 0.2) is 0 Å². The number of hydrogen-bond donors (Lipinski definition) is 2. The van der Waals surface area contributed by atoms with Crippen LogP contribution in [0.5, 0.6) is 0 Å². The number of hydrogen-bond acceptors (Lipinski definition) is 5. The smallest absolute Gasteiger partial charge is 0.241 e. The molecule has 1 aromatic carbocycles. The highest BCUT2D eigenvalue weighted by Crippen LogP contribution is 2.22. The van der Waals surface area contributed by atoms with Crippen molar-refractivity contribution in [3.63, 3.8) is 0 Å². The Balaban J connectivity index is 2.08. The van der Waals surface area contributed by atoms with Crippen LogP contribution in [0.15, 0.2) is 56.4 Å². The van der Waals surface area contributed by atoms with Gasteiger partial charge >= 0.3 is 0 Å². The molecule has 2 rings (SSSR count). The number of carbonyl (C=O) groups is 1. The zero-order chi connectivity index (χ0) is 19.0. The van der Waals surface area contributed by atoms with E-state index in [0.717, 1.165) is 4.47 Å². The van der Waals surface area contributed by atoms with Gasteiger partial charge in [0.05, 0.1) is 23.6 Å². The summed E-state index contributed by atoms with van der Waals surface area (Å²) in [4.78, 5) is 12.3. The topological polar surface area (TPSA) is 97.6 Å². The van der Waals surface area contributed by atoms with E-state index in [1.807, 2.05) is 0 Å². The third-order valence-electron chi connectivity index (χ3n) is 3.54. The van der Waals surface area contributed by atoms with Gasteiger partial charge in [-0.05, 0) is 42.8 Å². The van der Waals surface area contributed by atoms with E-state index in [-0.39, 0.29) is 17.2 Å². The van der Waals surface area contributed by atoms with Crippen molar-refractivity contribution in [2.45, 2.75) is 23.8 Å². The second kappa shape index (κ2) is 9.86. The van der Waals surface area contributed by atoms with Crippen LogP contribution in [0.3, 0.4) is 0 Å². The van der Waals surface area contributed by atoms with Gasteiger partial charge in [0.2, 0.25) is 15.9 Å². The highest BCUT2D eigenvalue weighted by atomic mass is 79.9. The van der Waals surface area contributed by atoms with Gasteiger partial charge in [0.25, 0.3) is 0 Å². The van der Waals surface area contributed by atoms with E-state index in [9.17, 15) is 13.2 Å². The Labute approximate surface area is 161 Å². The number of ether oxygens (including phenoxy) is 1. The Bertz CT molecular complexity index is 791. The molecule has 0 unspecified atom stereocenters. The van der Waals surface area contributed by atoms with Crippen LogP contribution < -0.4 is 10.0 Å². The molecule has 9 heteroatoms. The van der Waals surface area contributed by atoms with Crippen molar-refractivity contribution in [1.29, 1.82) is 0 Å². The summed E-state index contributed by atoms with van der Waals surface area (Å²) in [5, 5.41) is 2.74. The lowest BCUT2D eigenvalue weighted by atomic mass is 10.1. The van der Waals surface area contributed by atoms with Gasteiger partial charge in [0, 0.05) is 24.7 Å². The third-order valence-corrected chi connectivity index (χ3v) is 5.56. The van der Waals surface area contributed by atoms with Crippen molar-refractivity contribution in [3.05, 3.63) is 52.9 Å². The van der Waals surface area contributed by atoms with Crippen LogP contribution in [-0.4, -0.2) is 34.6 Å². The molecule has 1 amide bonds. The molecular formula is C17H21BrN2O5S. The number of sulfonamides is 1. The van der Waals surface area contributed by atoms with E-state index in [0.29, 0.717) is 25.3 Å². The van der Waals surface area contributed by atoms with Gasteiger partial charge in [-0.3, -0.25) is 4.79 Å². The average Bonchev–Trinajstić information content (AvgIpc) is 3.13. The quantitative estimate of drug-likeness (QED) is 0.548. The Morgan fingerprint density at radius 2 is 2.00 bits per heavy atom. The summed E-state index contributed by atoms with van der Waals surface area (Å²) < 4.78 is 38.8. The first-order chi connectivity index (χ1) is 12.4. The first-order valence-corrected chi connectivity index (χ1v) is 10.3. The molecule has 0 bridgehead atoms. The van der Waals surface area contributed by atoms with Crippen molar-refractivity contribution in [2.24, 2.45) is 0 Å². The van der Waals surface area contributed by atoms with Crippen LogP contribution in [-0.2, 0) is 19.6 Å². The summed E-state index contributed by atoms with van der Waals surface area (Å²) in [6.07, 6.45) is 2.04. The third kappa shape index (κ3) is 6.24. The number of rotatable bonds is 10. The molecule has 0 fully saturated rings. The van der Waals surface area contributed by atoms with Crippen LogP contribution >= 0.6 is 15.9 Å². The summed E-state index contributed by atoms with van der Waals surface area (Å²) in [5.74, 6) is 0.0961. The Morgan fingerprint density at radius 3 is 2.62 bits per heavy atom. The first-order valence-electron chi connectivity index (χ1n) is 7.99. The lowest BCUT2D eigenvalue weighted by molar-refractivity contribution is -0.121. The van der Waals surface area contributed by atoms with E-state index in [2.05, 4.69) is 26.0 Å². The molecule has 142 valence electrons. The fourth-order valence-electron chi connectivity index (χ4n) is 2.26. The number of amides is 1. The van der Waals surface area contributed by atoms with Crippen molar-refractivity contribution in [2.75, 3.05) is 20.3 Å². The maximum atomic E-state index is 12.6. The minimum absolute atomic E-state index is 0.0732. The van der Waals surface area contributed by atoms with Gasteiger partial charge in [-0.1, -0.05) is 15.9 Å². The van der Waals surface area contributed by atoms with E-state index < -0.39 is 16.1 Å². The molecule has 1 aromatic heterocycles. The Hall–Kier alpha value is -1.68. The van der Waals surface area contributed by atoms with E-state index in [4.69, 9.17) is 9.15 Å². The van der Waals surface area contributed by atoms with Crippen LogP contribution in [0.2, 0.25) is 0 Å². The molecule has 26 heavy (non-hydrogen) atoms. The second-order valence-electron chi connectivity index (χ2n) is 5.54. The molecule has 7 nitrogen and oxygen atoms in total. The number of halogens is 1. The van der Waals surface area contributed by atoms with Crippen molar-refractivity contribution in [3.8, 4) is 0 Å². The Kier molecular flexibility index (Phi) is 7.83. The zero-order valence-electron chi connectivity index (χ0n) is 14.3. The predicted octanol–water partition coefficient (Wildman–Crippen LogP) is 2.60. The summed E-state index contributed by atoms with van der Waals surface area (Å²) >= 11 is 3.27. The second-order valence-corrected chi connectivity index (χ2v) is 8.17. The molecule has 0 aliphatic heterocycles. The summed E-state index contributed by atoms with van der Waals surface area (Å²) in [7, 11) is -2.22. The zero-order valence-corrected chi connectivity index (χ0v) is 16.7. The molecule has 0 radical (unpaired) electrons. The van der Waals surface area contributed by atoms with Crippen molar-refractivity contribution < 1.29 is 22.4 Å². The summed E-state index contributed by atoms with van der Waals surface area (Å²) in [5.41, 5.74) is 0. The number of benzene rings is 1. The van der Waals surface area contributed by atoms with Gasteiger partial charge in [-0.25, -0.2) is 8.42 Å². The highest BCUT2D eigenvalue weighted by molar-refractivity contribution is 9.10. The number of nitrogens with one attached hydrogen (secondary N) is 2. The van der Waals surface area contributed by atoms with Crippen molar-refractivity contribution >= 4 is 31.9 Å². The first kappa shape index (κ1) is 20.6.